The second-order valence-corrected chi connectivity index (χ2v) is 7.91. The average molecular weight is 401 g/mol. The molecule has 0 fully saturated rings. The van der Waals surface area contributed by atoms with Gasteiger partial charge in [0.05, 0.1) is 22.3 Å². The van der Waals surface area contributed by atoms with Crippen LogP contribution in [0, 0.1) is 13.8 Å². The normalized spacial score (nSPS) is 11.0. The summed E-state index contributed by atoms with van der Waals surface area (Å²) in [5.41, 5.74) is 4.02. The zero-order valence-corrected chi connectivity index (χ0v) is 17.1. The molecule has 4 nitrogen and oxygen atoms in total. The lowest BCUT2D eigenvalue weighted by Gasteiger charge is -2.13. The first kappa shape index (κ1) is 19.2. The number of aromatic nitrogens is 2. The van der Waals surface area contributed by atoms with Crippen LogP contribution in [0.4, 0.5) is 0 Å². The third-order valence-electron chi connectivity index (χ3n) is 4.71. The second-order valence-electron chi connectivity index (χ2n) is 6.97. The number of fused-ring (bicyclic) bond motifs is 1. The van der Waals surface area contributed by atoms with Crippen LogP contribution in [0.2, 0.25) is 0 Å². The minimum atomic E-state index is -0.129. The summed E-state index contributed by atoms with van der Waals surface area (Å²) in [7, 11) is 0. The van der Waals surface area contributed by atoms with Crippen LogP contribution in [0.5, 0.6) is 0 Å². The molecule has 3 aromatic carbocycles. The van der Waals surface area contributed by atoms with Crippen molar-refractivity contribution in [3.05, 3.63) is 99.8 Å². The van der Waals surface area contributed by atoms with Gasteiger partial charge < -0.3 is 0 Å². The van der Waals surface area contributed by atoms with E-state index in [1.165, 1.54) is 11.8 Å². The van der Waals surface area contributed by atoms with Crippen molar-refractivity contribution in [1.82, 2.24) is 9.55 Å². The van der Waals surface area contributed by atoms with E-state index in [2.05, 4.69) is 0 Å². The van der Waals surface area contributed by atoms with E-state index >= 15 is 0 Å². The van der Waals surface area contributed by atoms with Gasteiger partial charge in [0.15, 0.2) is 10.9 Å². The molecule has 0 N–H and O–H groups in total. The fraction of sp³-hybridized carbons (Fsp3) is 0.125. The third-order valence-corrected chi connectivity index (χ3v) is 5.65. The third kappa shape index (κ3) is 4.00. The van der Waals surface area contributed by atoms with Crippen molar-refractivity contribution in [1.29, 1.82) is 0 Å². The van der Waals surface area contributed by atoms with Crippen molar-refractivity contribution >= 4 is 28.4 Å². The van der Waals surface area contributed by atoms with Gasteiger partial charge in [0.2, 0.25) is 0 Å². The fourth-order valence-electron chi connectivity index (χ4n) is 3.13. The zero-order valence-electron chi connectivity index (χ0n) is 16.3. The predicted octanol–water partition coefficient (Wildman–Crippen LogP) is 4.98. The number of ketones is 1. The topological polar surface area (TPSA) is 52.0 Å². The van der Waals surface area contributed by atoms with Gasteiger partial charge in [-0.3, -0.25) is 14.2 Å². The van der Waals surface area contributed by atoms with Crippen molar-refractivity contribution in [3.8, 4) is 5.69 Å². The number of benzene rings is 3. The monoisotopic (exact) mass is 400 g/mol. The number of para-hydroxylation sites is 1. The van der Waals surface area contributed by atoms with Crippen LogP contribution in [0.15, 0.2) is 82.7 Å². The maximum atomic E-state index is 13.3. The van der Waals surface area contributed by atoms with Gasteiger partial charge in [-0.2, -0.15) is 0 Å². The Labute approximate surface area is 173 Å². The Morgan fingerprint density at radius 3 is 2.34 bits per heavy atom. The van der Waals surface area contributed by atoms with E-state index in [4.69, 9.17) is 4.98 Å². The maximum Gasteiger partial charge on any atom is 0.266 e. The van der Waals surface area contributed by atoms with Gasteiger partial charge in [-0.25, -0.2) is 4.98 Å². The molecular weight excluding hydrogens is 380 g/mol. The molecule has 29 heavy (non-hydrogen) atoms. The van der Waals surface area contributed by atoms with E-state index in [1.807, 2.05) is 86.6 Å². The number of aryl methyl sites for hydroxylation is 2. The van der Waals surface area contributed by atoms with Gasteiger partial charge in [-0.05, 0) is 38.1 Å². The SMILES string of the molecule is Cc1ccc(C(=O)CSc2nc3ccc(C)cc3c(=O)n2-c2ccccc2)cc1. The van der Waals surface area contributed by atoms with Gasteiger partial charge in [0.1, 0.15) is 0 Å². The number of carbonyl (C=O) groups excluding carboxylic acids is 1. The Hall–Kier alpha value is -3.18. The van der Waals surface area contributed by atoms with E-state index < -0.39 is 0 Å². The minimum Gasteiger partial charge on any atom is -0.293 e. The van der Waals surface area contributed by atoms with Crippen LogP contribution in [0.1, 0.15) is 21.5 Å². The lowest BCUT2D eigenvalue weighted by molar-refractivity contribution is 0.102. The van der Waals surface area contributed by atoms with Crippen molar-refractivity contribution < 1.29 is 4.79 Å². The molecule has 4 aromatic rings. The predicted molar refractivity (Wildman–Crippen MR) is 118 cm³/mol. The molecule has 0 saturated carbocycles. The van der Waals surface area contributed by atoms with Gasteiger partial charge in [0.25, 0.3) is 5.56 Å². The van der Waals surface area contributed by atoms with E-state index in [1.54, 1.807) is 4.57 Å². The highest BCUT2D eigenvalue weighted by atomic mass is 32.2. The van der Waals surface area contributed by atoms with E-state index in [9.17, 15) is 9.59 Å². The maximum absolute atomic E-state index is 13.3. The molecule has 0 radical (unpaired) electrons. The first-order valence-electron chi connectivity index (χ1n) is 9.34. The highest BCUT2D eigenvalue weighted by Gasteiger charge is 2.15. The number of Topliss-reactive ketones (excluding diaryl/α,β-unsaturated/α-hetero) is 1. The van der Waals surface area contributed by atoms with E-state index in [0.717, 1.165) is 16.8 Å². The first-order valence-corrected chi connectivity index (χ1v) is 10.3. The number of nitrogens with zero attached hydrogens (tertiary/aromatic N) is 2. The quantitative estimate of drug-likeness (QED) is 0.269. The molecule has 0 aliphatic rings. The highest BCUT2D eigenvalue weighted by Crippen LogP contribution is 2.23. The van der Waals surface area contributed by atoms with Gasteiger partial charge in [0, 0.05) is 5.56 Å². The molecule has 1 aromatic heterocycles. The molecule has 0 bridgehead atoms. The van der Waals surface area contributed by atoms with E-state index in [0.29, 0.717) is 21.6 Å². The molecule has 1 heterocycles. The van der Waals surface area contributed by atoms with Gasteiger partial charge in [-0.1, -0.05) is 71.4 Å². The van der Waals surface area contributed by atoms with Crippen molar-refractivity contribution in [3.63, 3.8) is 0 Å². The summed E-state index contributed by atoms with van der Waals surface area (Å²) in [6.45, 7) is 3.94. The summed E-state index contributed by atoms with van der Waals surface area (Å²) < 4.78 is 1.59. The molecule has 0 unspecified atom stereocenters. The van der Waals surface area contributed by atoms with Crippen molar-refractivity contribution in [2.24, 2.45) is 0 Å². The summed E-state index contributed by atoms with van der Waals surface area (Å²) in [5, 5.41) is 1.08. The summed E-state index contributed by atoms with van der Waals surface area (Å²) in [4.78, 5) is 30.6. The van der Waals surface area contributed by atoms with Crippen LogP contribution in [-0.4, -0.2) is 21.1 Å². The summed E-state index contributed by atoms with van der Waals surface area (Å²) in [5.74, 6) is 0.215. The molecule has 5 heteroatoms. The van der Waals surface area contributed by atoms with Crippen LogP contribution in [0.25, 0.3) is 16.6 Å². The average Bonchev–Trinajstić information content (AvgIpc) is 2.74. The van der Waals surface area contributed by atoms with E-state index in [-0.39, 0.29) is 17.1 Å². The van der Waals surface area contributed by atoms with Gasteiger partial charge >= 0.3 is 0 Å². The van der Waals surface area contributed by atoms with Crippen molar-refractivity contribution in [2.45, 2.75) is 19.0 Å². The van der Waals surface area contributed by atoms with Crippen LogP contribution < -0.4 is 5.56 Å². The lowest BCUT2D eigenvalue weighted by Crippen LogP contribution is -2.22. The minimum absolute atomic E-state index is 0.00728. The Morgan fingerprint density at radius 1 is 0.931 bits per heavy atom. The number of rotatable bonds is 5. The molecule has 0 aliphatic heterocycles. The highest BCUT2D eigenvalue weighted by molar-refractivity contribution is 7.99. The van der Waals surface area contributed by atoms with Gasteiger partial charge in [-0.15, -0.1) is 0 Å². The zero-order chi connectivity index (χ0) is 20.4. The summed E-state index contributed by atoms with van der Waals surface area (Å²) in [6, 6.07) is 22.6. The molecule has 144 valence electrons. The first-order chi connectivity index (χ1) is 14.0. The molecule has 0 amide bonds. The number of hydrogen-bond acceptors (Lipinski definition) is 4. The number of carbonyl (C=O) groups is 1. The van der Waals surface area contributed by atoms with Crippen LogP contribution in [-0.2, 0) is 0 Å². The second kappa shape index (κ2) is 8.05. The Balaban J connectivity index is 1.76. The standard InChI is InChI=1S/C24H20N2O2S/c1-16-8-11-18(12-9-16)22(27)15-29-24-25-21-13-10-17(2)14-20(21)23(28)26(24)19-6-4-3-5-7-19/h3-14H,15H2,1-2H3. The smallest absolute Gasteiger partial charge is 0.266 e. The largest absolute Gasteiger partial charge is 0.293 e. The Bertz CT molecular complexity index is 1250. The Kier molecular flexibility index (Phi) is 5.32. The molecule has 0 spiro atoms. The molecule has 4 rings (SSSR count). The van der Waals surface area contributed by atoms with Crippen LogP contribution in [0.3, 0.4) is 0 Å². The molecule has 0 aliphatic carbocycles. The summed E-state index contributed by atoms with van der Waals surface area (Å²) >= 11 is 1.28. The molecular formula is C24H20N2O2S. The fourth-order valence-corrected chi connectivity index (χ4v) is 4.04. The number of hydrogen-bond donors (Lipinski definition) is 0. The number of thioether (sulfide) groups is 1. The lowest BCUT2D eigenvalue weighted by atomic mass is 10.1. The molecule has 0 atom stereocenters. The summed E-state index contributed by atoms with van der Waals surface area (Å²) in [6.07, 6.45) is 0. The van der Waals surface area contributed by atoms with Crippen LogP contribution >= 0.6 is 11.8 Å². The Morgan fingerprint density at radius 2 is 1.62 bits per heavy atom. The molecule has 0 saturated heterocycles. The van der Waals surface area contributed by atoms with Crippen molar-refractivity contribution in [2.75, 3.05) is 5.75 Å².